The largest absolute Gasteiger partial charge is 0.484 e. The van der Waals surface area contributed by atoms with Gasteiger partial charge in [0.15, 0.2) is 12.2 Å². The molecule has 0 unspecified atom stereocenters. The number of oxazole rings is 1. The number of nitrogens with zero attached hydrogens (tertiary/aromatic N) is 1. The van der Waals surface area contributed by atoms with Gasteiger partial charge in [0.25, 0.3) is 5.91 Å². The van der Waals surface area contributed by atoms with Crippen molar-refractivity contribution in [2.24, 2.45) is 0 Å². The van der Waals surface area contributed by atoms with E-state index >= 15 is 0 Å². The Morgan fingerprint density at radius 3 is 2.60 bits per heavy atom. The van der Waals surface area contributed by atoms with Gasteiger partial charge in [-0.25, -0.2) is 4.98 Å². The highest BCUT2D eigenvalue weighted by molar-refractivity contribution is 5.92. The fraction of sp³-hybridized carbons (Fsp3) is 0.333. The number of anilines is 1. The van der Waals surface area contributed by atoms with Gasteiger partial charge in [-0.1, -0.05) is 57.4 Å². The van der Waals surface area contributed by atoms with Crippen molar-refractivity contribution in [3.63, 3.8) is 0 Å². The van der Waals surface area contributed by atoms with Gasteiger partial charge in [0.1, 0.15) is 11.3 Å². The van der Waals surface area contributed by atoms with Crippen molar-refractivity contribution in [1.82, 2.24) is 4.98 Å². The minimum absolute atomic E-state index is 0.0477. The average Bonchev–Trinajstić information content (AvgIpc) is 3.32. The van der Waals surface area contributed by atoms with Gasteiger partial charge in [0, 0.05) is 11.3 Å². The number of carbonyl (C=O) groups is 1. The molecular weight excluding hydrogens is 436 g/mol. The van der Waals surface area contributed by atoms with E-state index in [9.17, 15) is 4.79 Å². The molecule has 1 saturated carbocycles. The summed E-state index contributed by atoms with van der Waals surface area (Å²) in [4.78, 5) is 17.2. The lowest BCUT2D eigenvalue weighted by atomic mass is 9.84. The zero-order chi connectivity index (χ0) is 24.2. The first-order valence-electron chi connectivity index (χ1n) is 12.6. The number of hydrogen-bond donors (Lipinski definition) is 1. The van der Waals surface area contributed by atoms with Crippen molar-refractivity contribution in [2.75, 3.05) is 11.9 Å². The molecule has 0 bridgehead atoms. The Balaban J connectivity index is 1.20. The Hall–Kier alpha value is -3.60. The van der Waals surface area contributed by atoms with E-state index in [1.807, 2.05) is 42.5 Å². The number of benzene rings is 3. The maximum Gasteiger partial charge on any atom is 0.262 e. The van der Waals surface area contributed by atoms with Gasteiger partial charge >= 0.3 is 0 Å². The van der Waals surface area contributed by atoms with Crippen molar-refractivity contribution in [3.8, 4) is 17.2 Å². The second-order valence-electron chi connectivity index (χ2n) is 9.72. The van der Waals surface area contributed by atoms with Gasteiger partial charge in [-0.3, -0.25) is 4.79 Å². The molecule has 1 aromatic heterocycles. The number of rotatable bonds is 7. The molecule has 0 saturated heterocycles. The minimum atomic E-state index is -0.211. The summed E-state index contributed by atoms with van der Waals surface area (Å²) in [5.74, 6) is 2.12. The van der Waals surface area contributed by atoms with Crippen molar-refractivity contribution < 1.29 is 13.9 Å². The predicted octanol–water partition coefficient (Wildman–Crippen LogP) is 7.68. The second-order valence-corrected chi connectivity index (χ2v) is 9.72. The third-order valence-electron chi connectivity index (χ3n) is 6.80. The lowest BCUT2D eigenvalue weighted by Crippen LogP contribution is -2.20. The molecule has 0 radical (unpaired) electrons. The van der Waals surface area contributed by atoms with E-state index in [1.54, 1.807) is 0 Å². The van der Waals surface area contributed by atoms with Crippen LogP contribution in [0.15, 0.2) is 71.1 Å². The molecule has 0 atom stereocenters. The minimum Gasteiger partial charge on any atom is -0.484 e. The summed E-state index contributed by atoms with van der Waals surface area (Å²) in [5, 5.41) is 2.91. The number of nitrogens with one attached hydrogen (secondary N) is 1. The van der Waals surface area contributed by atoms with Crippen LogP contribution in [0.3, 0.4) is 0 Å². The van der Waals surface area contributed by atoms with Gasteiger partial charge in [-0.2, -0.15) is 0 Å². The predicted molar refractivity (Wildman–Crippen MR) is 140 cm³/mol. The van der Waals surface area contributed by atoms with Crippen LogP contribution in [0.1, 0.15) is 68.9 Å². The molecule has 1 fully saturated rings. The standard InChI is InChI=1S/C30H32N2O3/c1-20(2)23-13-16-28-27(18-23)32-30(35-28)24-9-6-10-25(17-24)31-29(33)19-34-26-14-11-22(12-15-26)21-7-4-3-5-8-21/h6,9-18,20-21H,3-5,7-8,19H2,1-2H3,(H,31,33). The maximum absolute atomic E-state index is 12.5. The van der Waals surface area contributed by atoms with Crippen LogP contribution in [0.2, 0.25) is 0 Å². The summed E-state index contributed by atoms with van der Waals surface area (Å²) in [5.41, 5.74) is 5.67. The topological polar surface area (TPSA) is 64.4 Å². The van der Waals surface area contributed by atoms with Gasteiger partial charge in [0.2, 0.25) is 5.89 Å². The van der Waals surface area contributed by atoms with Crippen molar-refractivity contribution >= 4 is 22.7 Å². The summed E-state index contributed by atoms with van der Waals surface area (Å²) >= 11 is 0. The molecule has 5 nitrogen and oxygen atoms in total. The molecule has 4 aromatic rings. The average molecular weight is 469 g/mol. The molecule has 0 aliphatic heterocycles. The Morgan fingerprint density at radius 2 is 1.83 bits per heavy atom. The molecular formula is C30H32N2O3. The number of fused-ring (bicyclic) bond motifs is 1. The number of hydrogen-bond acceptors (Lipinski definition) is 4. The maximum atomic E-state index is 12.5. The molecule has 1 amide bonds. The molecule has 180 valence electrons. The highest BCUT2D eigenvalue weighted by Gasteiger charge is 2.15. The number of aromatic nitrogens is 1. The van der Waals surface area contributed by atoms with E-state index in [0.29, 0.717) is 29.2 Å². The van der Waals surface area contributed by atoms with E-state index in [2.05, 4.69) is 48.4 Å². The van der Waals surface area contributed by atoms with Crippen molar-refractivity contribution in [2.45, 2.75) is 57.8 Å². The molecule has 1 N–H and O–H groups in total. The third-order valence-corrected chi connectivity index (χ3v) is 6.80. The molecule has 35 heavy (non-hydrogen) atoms. The molecule has 0 spiro atoms. The van der Waals surface area contributed by atoms with Crippen LogP contribution in [-0.4, -0.2) is 17.5 Å². The SMILES string of the molecule is CC(C)c1ccc2oc(-c3cccc(NC(=O)COc4ccc(C5CCCCC5)cc4)c3)nc2c1. The second kappa shape index (κ2) is 10.3. The Labute approximate surface area is 206 Å². The molecule has 1 heterocycles. The van der Waals surface area contributed by atoms with E-state index in [0.717, 1.165) is 16.7 Å². The van der Waals surface area contributed by atoms with Gasteiger partial charge in [-0.15, -0.1) is 0 Å². The number of carbonyl (C=O) groups excluding carboxylic acids is 1. The fourth-order valence-corrected chi connectivity index (χ4v) is 4.78. The van der Waals surface area contributed by atoms with Crippen LogP contribution >= 0.6 is 0 Å². The first kappa shape index (κ1) is 23.2. The highest BCUT2D eigenvalue weighted by Crippen LogP contribution is 2.33. The van der Waals surface area contributed by atoms with E-state index in [4.69, 9.17) is 9.15 Å². The van der Waals surface area contributed by atoms with Crippen LogP contribution < -0.4 is 10.1 Å². The van der Waals surface area contributed by atoms with Crippen LogP contribution in [-0.2, 0) is 4.79 Å². The molecule has 3 aromatic carbocycles. The summed E-state index contributed by atoms with van der Waals surface area (Å²) in [6.07, 6.45) is 6.52. The van der Waals surface area contributed by atoms with Gasteiger partial charge in [-0.05, 0) is 78.3 Å². The first-order valence-corrected chi connectivity index (χ1v) is 12.6. The molecule has 1 aliphatic carbocycles. The van der Waals surface area contributed by atoms with E-state index < -0.39 is 0 Å². The van der Waals surface area contributed by atoms with Crippen LogP contribution in [0, 0.1) is 0 Å². The molecule has 5 heteroatoms. The lowest BCUT2D eigenvalue weighted by Gasteiger charge is -2.22. The summed E-state index contributed by atoms with van der Waals surface area (Å²) in [6, 6.07) is 21.8. The van der Waals surface area contributed by atoms with Crippen LogP contribution in [0.4, 0.5) is 5.69 Å². The van der Waals surface area contributed by atoms with Gasteiger partial charge in [0.05, 0.1) is 0 Å². The molecule has 1 aliphatic rings. The quantitative estimate of drug-likeness (QED) is 0.302. The molecule has 5 rings (SSSR count). The monoisotopic (exact) mass is 468 g/mol. The first-order chi connectivity index (χ1) is 17.0. The Kier molecular flexibility index (Phi) is 6.84. The summed E-state index contributed by atoms with van der Waals surface area (Å²) in [6.45, 7) is 4.27. The Bertz CT molecular complexity index is 1300. The normalized spacial score (nSPS) is 14.4. The van der Waals surface area contributed by atoms with Crippen molar-refractivity contribution in [3.05, 3.63) is 77.9 Å². The van der Waals surface area contributed by atoms with E-state index in [1.165, 1.54) is 43.2 Å². The summed E-state index contributed by atoms with van der Waals surface area (Å²) in [7, 11) is 0. The van der Waals surface area contributed by atoms with Gasteiger partial charge < -0.3 is 14.5 Å². The number of ether oxygens (including phenoxy) is 1. The van der Waals surface area contributed by atoms with Crippen molar-refractivity contribution in [1.29, 1.82) is 0 Å². The highest BCUT2D eigenvalue weighted by atomic mass is 16.5. The van der Waals surface area contributed by atoms with Crippen LogP contribution in [0.25, 0.3) is 22.6 Å². The summed E-state index contributed by atoms with van der Waals surface area (Å²) < 4.78 is 11.7. The number of amides is 1. The smallest absolute Gasteiger partial charge is 0.262 e. The van der Waals surface area contributed by atoms with E-state index in [-0.39, 0.29) is 12.5 Å². The lowest BCUT2D eigenvalue weighted by molar-refractivity contribution is -0.118. The Morgan fingerprint density at radius 1 is 1.03 bits per heavy atom. The van der Waals surface area contributed by atoms with Crippen LogP contribution in [0.5, 0.6) is 5.75 Å². The zero-order valence-electron chi connectivity index (χ0n) is 20.4. The zero-order valence-corrected chi connectivity index (χ0v) is 20.4. The fourth-order valence-electron chi connectivity index (χ4n) is 4.78. The third kappa shape index (κ3) is 5.56.